The molecule has 2 N–H and O–H groups in total. The van der Waals surface area contributed by atoms with Gasteiger partial charge in [0.15, 0.2) is 5.82 Å². The largest absolute Gasteiger partial charge is 0.326 e. The number of nitrogens with zero attached hydrogens (tertiary/aromatic N) is 3. The van der Waals surface area contributed by atoms with Crippen LogP contribution < -0.4 is 5.32 Å². The Hall–Kier alpha value is -3.33. The van der Waals surface area contributed by atoms with Crippen molar-refractivity contribution in [2.45, 2.75) is 25.2 Å². The number of hydrogen-bond donors (Lipinski definition) is 2. The number of halogens is 1. The van der Waals surface area contributed by atoms with Crippen molar-refractivity contribution in [3.05, 3.63) is 63.9 Å². The summed E-state index contributed by atoms with van der Waals surface area (Å²) in [7, 11) is 0. The lowest BCUT2D eigenvalue weighted by Gasteiger charge is -2.13. The highest BCUT2D eigenvalue weighted by atomic mass is 79.9. The Balaban J connectivity index is 1.18. The van der Waals surface area contributed by atoms with Crippen LogP contribution in [0.2, 0.25) is 0 Å². The molecule has 0 atom stereocenters. The fraction of sp³-hybridized carbons (Fsp3) is 0.227. The maximum Gasteiger partial charge on any atom is 0.261 e. The van der Waals surface area contributed by atoms with Gasteiger partial charge in [0.1, 0.15) is 5.82 Å². The number of H-pyrrole nitrogens is 1. The van der Waals surface area contributed by atoms with Crippen LogP contribution in [-0.2, 0) is 4.79 Å². The Morgan fingerprint density at radius 1 is 1.10 bits per heavy atom. The maximum absolute atomic E-state index is 12.5. The number of anilines is 1. The summed E-state index contributed by atoms with van der Waals surface area (Å²) in [4.78, 5) is 42.9. The second kappa shape index (κ2) is 7.73. The van der Waals surface area contributed by atoms with Crippen molar-refractivity contribution in [3.8, 4) is 11.4 Å². The number of nitrogens with one attached hydrogen (secondary N) is 2. The summed E-state index contributed by atoms with van der Waals surface area (Å²) in [5.41, 5.74) is 2.20. The molecule has 3 aromatic rings. The number of amides is 3. The van der Waals surface area contributed by atoms with Crippen molar-refractivity contribution in [2.75, 3.05) is 11.9 Å². The molecule has 3 amide bonds. The second-order valence-electron chi connectivity index (χ2n) is 7.65. The topological polar surface area (TPSA) is 108 Å². The van der Waals surface area contributed by atoms with Crippen molar-refractivity contribution in [1.82, 2.24) is 20.1 Å². The third kappa shape index (κ3) is 3.88. The maximum atomic E-state index is 12.5. The van der Waals surface area contributed by atoms with E-state index in [1.165, 1.54) is 0 Å². The SMILES string of the molecule is O=C(CCN1C(=O)c2ccc(Br)cc2C1=O)Nc1ccc(-c2n[nH]c(C3CC3)n2)cc1. The fourth-order valence-corrected chi connectivity index (χ4v) is 3.91. The summed E-state index contributed by atoms with van der Waals surface area (Å²) < 4.78 is 0.726. The van der Waals surface area contributed by atoms with Crippen LogP contribution in [0.3, 0.4) is 0 Å². The molecule has 1 aromatic heterocycles. The number of benzene rings is 2. The Bertz CT molecular complexity index is 1200. The van der Waals surface area contributed by atoms with Crippen LogP contribution in [0.25, 0.3) is 11.4 Å². The Labute approximate surface area is 186 Å². The van der Waals surface area contributed by atoms with Crippen molar-refractivity contribution >= 4 is 39.3 Å². The number of aromatic amines is 1. The molecule has 1 aliphatic heterocycles. The van der Waals surface area contributed by atoms with E-state index >= 15 is 0 Å². The van der Waals surface area contributed by atoms with Gasteiger partial charge >= 0.3 is 0 Å². The van der Waals surface area contributed by atoms with Crippen LogP contribution in [0.1, 0.15) is 51.7 Å². The first-order valence-electron chi connectivity index (χ1n) is 9.98. The van der Waals surface area contributed by atoms with Crippen molar-refractivity contribution in [3.63, 3.8) is 0 Å². The van der Waals surface area contributed by atoms with E-state index in [2.05, 4.69) is 36.4 Å². The van der Waals surface area contributed by atoms with Gasteiger partial charge in [-0.15, -0.1) is 0 Å². The van der Waals surface area contributed by atoms with E-state index in [9.17, 15) is 14.4 Å². The van der Waals surface area contributed by atoms with Crippen molar-refractivity contribution in [2.24, 2.45) is 0 Å². The summed E-state index contributed by atoms with van der Waals surface area (Å²) in [6, 6.07) is 12.2. The summed E-state index contributed by atoms with van der Waals surface area (Å²) >= 11 is 3.31. The zero-order valence-corrected chi connectivity index (χ0v) is 18.0. The predicted molar refractivity (Wildman–Crippen MR) is 117 cm³/mol. The van der Waals surface area contributed by atoms with Gasteiger partial charge in [0, 0.05) is 34.6 Å². The summed E-state index contributed by atoms with van der Waals surface area (Å²) in [6.45, 7) is 0.0228. The van der Waals surface area contributed by atoms with Crippen LogP contribution in [0, 0.1) is 0 Å². The highest BCUT2D eigenvalue weighted by Crippen LogP contribution is 2.38. The number of rotatable bonds is 6. The molecule has 8 nitrogen and oxygen atoms in total. The lowest BCUT2D eigenvalue weighted by molar-refractivity contribution is -0.116. The zero-order valence-electron chi connectivity index (χ0n) is 16.4. The molecule has 5 rings (SSSR count). The van der Waals surface area contributed by atoms with Crippen molar-refractivity contribution < 1.29 is 14.4 Å². The molecule has 0 unspecified atom stereocenters. The summed E-state index contributed by atoms with van der Waals surface area (Å²) in [5, 5.41) is 10.0. The van der Waals surface area contributed by atoms with E-state index in [0.29, 0.717) is 28.6 Å². The molecule has 1 aliphatic carbocycles. The van der Waals surface area contributed by atoms with Crippen LogP contribution in [-0.4, -0.2) is 44.3 Å². The van der Waals surface area contributed by atoms with Crippen LogP contribution >= 0.6 is 15.9 Å². The highest BCUT2D eigenvalue weighted by Gasteiger charge is 2.35. The van der Waals surface area contributed by atoms with Gasteiger partial charge < -0.3 is 5.32 Å². The molecule has 2 aliphatic rings. The molecule has 2 aromatic carbocycles. The smallest absolute Gasteiger partial charge is 0.261 e. The monoisotopic (exact) mass is 479 g/mol. The van der Waals surface area contributed by atoms with Crippen LogP contribution in [0.15, 0.2) is 46.9 Å². The second-order valence-corrected chi connectivity index (χ2v) is 8.56. The number of aromatic nitrogens is 3. The minimum absolute atomic E-state index is 0.0139. The predicted octanol–water partition coefficient (Wildman–Crippen LogP) is 3.74. The molecule has 31 heavy (non-hydrogen) atoms. The number of fused-ring (bicyclic) bond motifs is 1. The first-order chi connectivity index (χ1) is 15.0. The first-order valence-corrected chi connectivity index (χ1v) is 10.8. The van der Waals surface area contributed by atoms with Gasteiger partial charge in [0.25, 0.3) is 11.8 Å². The molecular weight excluding hydrogens is 462 g/mol. The fourth-order valence-electron chi connectivity index (χ4n) is 3.55. The van der Waals surface area contributed by atoms with Crippen molar-refractivity contribution in [1.29, 1.82) is 0 Å². The number of carbonyl (C=O) groups excluding carboxylic acids is 3. The molecule has 1 fully saturated rings. The molecular formula is C22H18BrN5O3. The van der Waals surface area contributed by atoms with E-state index in [0.717, 1.165) is 33.6 Å². The number of hydrogen-bond acceptors (Lipinski definition) is 5. The van der Waals surface area contributed by atoms with Gasteiger partial charge in [0.05, 0.1) is 11.1 Å². The van der Waals surface area contributed by atoms with E-state index in [1.54, 1.807) is 30.3 Å². The molecule has 0 saturated heterocycles. The molecule has 0 radical (unpaired) electrons. The van der Waals surface area contributed by atoms with Gasteiger partial charge in [-0.25, -0.2) is 4.98 Å². The third-order valence-electron chi connectivity index (χ3n) is 5.39. The highest BCUT2D eigenvalue weighted by molar-refractivity contribution is 9.10. The molecule has 2 heterocycles. The normalized spacial score (nSPS) is 15.3. The lowest BCUT2D eigenvalue weighted by atomic mass is 10.1. The first kappa shape index (κ1) is 19.6. The van der Waals surface area contributed by atoms with Gasteiger partial charge in [0.2, 0.25) is 5.91 Å². The van der Waals surface area contributed by atoms with Gasteiger partial charge in [-0.1, -0.05) is 15.9 Å². The molecule has 1 saturated carbocycles. The Kier molecular flexibility index (Phi) is 4.90. The van der Waals surface area contributed by atoms with E-state index < -0.39 is 0 Å². The van der Waals surface area contributed by atoms with Gasteiger partial charge in [-0.2, -0.15) is 5.10 Å². The Morgan fingerprint density at radius 2 is 1.84 bits per heavy atom. The minimum Gasteiger partial charge on any atom is -0.326 e. The lowest BCUT2D eigenvalue weighted by Crippen LogP contribution is -2.32. The summed E-state index contributed by atoms with van der Waals surface area (Å²) in [6.07, 6.45) is 2.32. The molecule has 0 spiro atoms. The minimum atomic E-state index is -0.379. The van der Waals surface area contributed by atoms with Crippen LogP contribution in [0.4, 0.5) is 5.69 Å². The van der Waals surface area contributed by atoms with E-state index in [4.69, 9.17) is 0 Å². The average Bonchev–Trinajstić information content (AvgIpc) is 3.45. The Morgan fingerprint density at radius 3 is 2.58 bits per heavy atom. The van der Waals surface area contributed by atoms with Gasteiger partial charge in [-0.05, 0) is 55.3 Å². The standard InChI is InChI=1S/C22H18BrN5O3/c23-14-5-8-16-17(11-14)22(31)28(21(16)30)10-9-18(29)24-15-6-3-13(4-7-15)20-25-19(26-27-20)12-1-2-12/h3-8,11-12H,1-2,9-10H2,(H,24,29)(H,25,26,27). The average molecular weight is 480 g/mol. The third-order valence-corrected chi connectivity index (χ3v) is 5.88. The van der Waals surface area contributed by atoms with Crippen LogP contribution in [0.5, 0.6) is 0 Å². The summed E-state index contributed by atoms with van der Waals surface area (Å²) in [5.74, 6) is 1.03. The number of carbonyl (C=O) groups is 3. The molecule has 156 valence electrons. The van der Waals surface area contributed by atoms with E-state index in [1.807, 2.05) is 12.1 Å². The molecule has 0 bridgehead atoms. The quantitative estimate of drug-likeness (QED) is 0.523. The molecule has 9 heteroatoms. The zero-order chi connectivity index (χ0) is 21.5. The van der Waals surface area contributed by atoms with Gasteiger partial charge in [-0.3, -0.25) is 24.4 Å². The van der Waals surface area contributed by atoms with E-state index in [-0.39, 0.29) is 30.7 Å². The number of imide groups is 1.